The number of carbonyl (C=O) groups is 2. The highest BCUT2D eigenvalue weighted by Gasteiger charge is 2.14. The SMILES string of the molecule is CCC(C)c1ccc(CC(=O)NC(C)C(=O)O)cc1. The van der Waals surface area contributed by atoms with Gasteiger partial charge in [-0.25, -0.2) is 0 Å². The Labute approximate surface area is 113 Å². The van der Waals surface area contributed by atoms with Crippen LogP contribution in [0.2, 0.25) is 0 Å². The van der Waals surface area contributed by atoms with Gasteiger partial charge >= 0.3 is 5.97 Å². The topological polar surface area (TPSA) is 66.4 Å². The maximum atomic E-state index is 11.6. The quantitative estimate of drug-likeness (QED) is 0.827. The van der Waals surface area contributed by atoms with Crippen molar-refractivity contribution in [2.24, 2.45) is 0 Å². The van der Waals surface area contributed by atoms with Gasteiger partial charge in [-0.2, -0.15) is 0 Å². The summed E-state index contributed by atoms with van der Waals surface area (Å²) < 4.78 is 0. The van der Waals surface area contributed by atoms with Gasteiger partial charge < -0.3 is 10.4 Å². The van der Waals surface area contributed by atoms with Crippen molar-refractivity contribution in [3.8, 4) is 0 Å². The summed E-state index contributed by atoms with van der Waals surface area (Å²) in [7, 11) is 0. The molecule has 2 unspecified atom stereocenters. The zero-order chi connectivity index (χ0) is 14.4. The zero-order valence-electron chi connectivity index (χ0n) is 11.6. The lowest BCUT2D eigenvalue weighted by molar-refractivity contribution is -0.141. The van der Waals surface area contributed by atoms with Crippen molar-refractivity contribution in [3.63, 3.8) is 0 Å². The van der Waals surface area contributed by atoms with Crippen LogP contribution in [0.15, 0.2) is 24.3 Å². The number of benzene rings is 1. The highest BCUT2D eigenvalue weighted by Crippen LogP contribution is 2.18. The Kier molecular flexibility index (Phi) is 5.55. The predicted molar refractivity (Wildman–Crippen MR) is 74.1 cm³/mol. The maximum Gasteiger partial charge on any atom is 0.325 e. The molecule has 0 radical (unpaired) electrons. The second-order valence-corrected chi connectivity index (χ2v) is 4.86. The molecule has 0 saturated carbocycles. The number of rotatable bonds is 6. The van der Waals surface area contributed by atoms with E-state index in [1.807, 2.05) is 24.3 Å². The van der Waals surface area contributed by atoms with Crippen LogP contribution in [-0.2, 0) is 16.0 Å². The third kappa shape index (κ3) is 4.73. The molecule has 0 aliphatic heterocycles. The third-order valence-corrected chi connectivity index (χ3v) is 3.27. The second-order valence-electron chi connectivity index (χ2n) is 4.86. The van der Waals surface area contributed by atoms with Gasteiger partial charge in [-0.15, -0.1) is 0 Å². The molecular weight excluding hydrogens is 242 g/mol. The van der Waals surface area contributed by atoms with Crippen LogP contribution in [-0.4, -0.2) is 23.0 Å². The summed E-state index contributed by atoms with van der Waals surface area (Å²) in [6.45, 7) is 5.75. The number of carboxylic acids is 1. The Morgan fingerprint density at radius 1 is 1.21 bits per heavy atom. The maximum absolute atomic E-state index is 11.6. The van der Waals surface area contributed by atoms with E-state index in [1.54, 1.807) is 0 Å². The molecule has 0 aliphatic rings. The molecule has 0 saturated heterocycles. The largest absolute Gasteiger partial charge is 0.480 e. The van der Waals surface area contributed by atoms with Crippen LogP contribution in [0.4, 0.5) is 0 Å². The molecule has 2 N–H and O–H groups in total. The minimum atomic E-state index is -1.03. The first-order chi connectivity index (χ1) is 8.93. The van der Waals surface area contributed by atoms with E-state index in [0.717, 1.165) is 12.0 Å². The Balaban J connectivity index is 2.58. The van der Waals surface area contributed by atoms with Gasteiger partial charge in [-0.3, -0.25) is 9.59 Å². The molecule has 0 aromatic heterocycles. The van der Waals surface area contributed by atoms with E-state index >= 15 is 0 Å². The Morgan fingerprint density at radius 2 is 1.79 bits per heavy atom. The molecule has 4 heteroatoms. The highest BCUT2D eigenvalue weighted by molar-refractivity contribution is 5.84. The minimum Gasteiger partial charge on any atom is -0.480 e. The van der Waals surface area contributed by atoms with Gasteiger partial charge in [0.05, 0.1) is 6.42 Å². The number of nitrogens with one attached hydrogen (secondary N) is 1. The van der Waals surface area contributed by atoms with Gasteiger partial charge in [0.2, 0.25) is 5.91 Å². The van der Waals surface area contributed by atoms with Crippen LogP contribution in [0.1, 0.15) is 44.2 Å². The van der Waals surface area contributed by atoms with Gasteiger partial charge in [-0.05, 0) is 30.4 Å². The van der Waals surface area contributed by atoms with Crippen LogP contribution in [0, 0.1) is 0 Å². The van der Waals surface area contributed by atoms with Gasteiger partial charge in [0.15, 0.2) is 0 Å². The van der Waals surface area contributed by atoms with E-state index in [2.05, 4.69) is 19.2 Å². The van der Waals surface area contributed by atoms with Crippen LogP contribution < -0.4 is 5.32 Å². The molecular formula is C15H21NO3. The van der Waals surface area contributed by atoms with E-state index in [-0.39, 0.29) is 12.3 Å². The highest BCUT2D eigenvalue weighted by atomic mass is 16.4. The molecule has 2 atom stereocenters. The van der Waals surface area contributed by atoms with Gasteiger partial charge in [-0.1, -0.05) is 38.1 Å². The minimum absolute atomic E-state index is 0.207. The van der Waals surface area contributed by atoms with E-state index in [1.165, 1.54) is 12.5 Å². The van der Waals surface area contributed by atoms with Crippen molar-refractivity contribution < 1.29 is 14.7 Å². The van der Waals surface area contributed by atoms with Gasteiger partial charge in [0.1, 0.15) is 6.04 Å². The third-order valence-electron chi connectivity index (χ3n) is 3.27. The Hall–Kier alpha value is -1.84. The smallest absolute Gasteiger partial charge is 0.325 e. The average Bonchev–Trinajstić information content (AvgIpc) is 2.38. The number of carbonyl (C=O) groups excluding carboxylic acids is 1. The van der Waals surface area contributed by atoms with Crippen LogP contribution in [0.3, 0.4) is 0 Å². The number of aliphatic carboxylic acids is 1. The van der Waals surface area contributed by atoms with Crippen molar-refractivity contribution >= 4 is 11.9 Å². The lowest BCUT2D eigenvalue weighted by Gasteiger charge is -2.11. The molecule has 1 amide bonds. The first-order valence-electron chi connectivity index (χ1n) is 6.55. The van der Waals surface area contributed by atoms with Crippen LogP contribution >= 0.6 is 0 Å². The fraction of sp³-hybridized carbons (Fsp3) is 0.467. The monoisotopic (exact) mass is 263 g/mol. The second kappa shape index (κ2) is 6.92. The van der Waals surface area contributed by atoms with Gasteiger partial charge in [0, 0.05) is 0 Å². The first-order valence-corrected chi connectivity index (χ1v) is 6.55. The Morgan fingerprint density at radius 3 is 2.26 bits per heavy atom. The summed E-state index contributed by atoms with van der Waals surface area (Å²) in [5.74, 6) is -0.790. The Bertz CT molecular complexity index is 439. The summed E-state index contributed by atoms with van der Waals surface area (Å²) in [4.78, 5) is 22.3. The average molecular weight is 263 g/mol. The fourth-order valence-electron chi connectivity index (χ4n) is 1.74. The summed E-state index contributed by atoms with van der Waals surface area (Å²) in [6, 6.07) is 7.04. The summed E-state index contributed by atoms with van der Waals surface area (Å²) in [5.41, 5.74) is 2.15. The molecule has 1 aromatic rings. The molecule has 4 nitrogen and oxygen atoms in total. The van der Waals surface area contributed by atoms with Crippen molar-refractivity contribution in [3.05, 3.63) is 35.4 Å². The molecule has 0 aliphatic carbocycles. The molecule has 0 spiro atoms. The van der Waals surface area contributed by atoms with Crippen molar-refractivity contribution in [2.45, 2.75) is 45.6 Å². The normalized spacial score (nSPS) is 13.6. The number of amides is 1. The number of hydrogen-bond acceptors (Lipinski definition) is 2. The van der Waals surface area contributed by atoms with Crippen molar-refractivity contribution in [2.75, 3.05) is 0 Å². The van der Waals surface area contributed by atoms with E-state index < -0.39 is 12.0 Å². The number of hydrogen-bond donors (Lipinski definition) is 2. The molecule has 0 heterocycles. The fourth-order valence-corrected chi connectivity index (χ4v) is 1.74. The lowest BCUT2D eigenvalue weighted by Crippen LogP contribution is -2.39. The molecule has 0 fully saturated rings. The standard InChI is InChI=1S/C15H21NO3/c1-4-10(2)13-7-5-12(6-8-13)9-14(17)16-11(3)15(18)19/h5-8,10-11H,4,9H2,1-3H3,(H,16,17)(H,18,19). The summed E-state index contributed by atoms with van der Waals surface area (Å²) in [5, 5.41) is 11.1. The predicted octanol–water partition coefficient (Wildman–Crippen LogP) is 2.33. The van der Waals surface area contributed by atoms with Crippen LogP contribution in [0.5, 0.6) is 0 Å². The van der Waals surface area contributed by atoms with E-state index in [9.17, 15) is 9.59 Å². The summed E-state index contributed by atoms with van der Waals surface area (Å²) in [6.07, 6.45) is 1.29. The molecule has 0 bridgehead atoms. The number of carboxylic acid groups (broad SMARTS) is 1. The first kappa shape index (κ1) is 15.2. The lowest BCUT2D eigenvalue weighted by atomic mass is 9.97. The van der Waals surface area contributed by atoms with Crippen LogP contribution in [0.25, 0.3) is 0 Å². The zero-order valence-corrected chi connectivity index (χ0v) is 11.6. The molecule has 104 valence electrons. The molecule has 19 heavy (non-hydrogen) atoms. The van der Waals surface area contributed by atoms with Gasteiger partial charge in [0.25, 0.3) is 0 Å². The van der Waals surface area contributed by atoms with Crippen molar-refractivity contribution in [1.29, 1.82) is 0 Å². The molecule has 1 aromatic carbocycles. The van der Waals surface area contributed by atoms with E-state index in [0.29, 0.717) is 5.92 Å². The van der Waals surface area contributed by atoms with Crippen molar-refractivity contribution in [1.82, 2.24) is 5.32 Å². The molecule has 1 rings (SSSR count). The summed E-state index contributed by atoms with van der Waals surface area (Å²) >= 11 is 0. The van der Waals surface area contributed by atoms with E-state index in [4.69, 9.17) is 5.11 Å².